The van der Waals surface area contributed by atoms with Crippen molar-refractivity contribution in [1.82, 2.24) is 0 Å². The quantitative estimate of drug-likeness (QED) is 0.657. The van der Waals surface area contributed by atoms with Gasteiger partial charge in [-0.3, -0.25) is 0 Å². The fraction of sp³-hybridized carbons (Fsp3) is 0.571. The van der Waals surface area contributed by atoms with Crippen LogP contribution < -0.4 is 0 Å². The Morgan fingerprint density at radius 3 is 1.00 bits per heavy atom. The molecule has 0 saturated carbocycles. The molecule has 2 aliphatic carbocycles. The Labute approximate surface area is 95.9 Å². The molecule has 3 rings (SSSR count). The normalized spacial score (nSPS) is 19.0. The van der Waals surface area contributed by atoms with Crippen molar-refractivity contribution in [3.05, 3.63) is 22.3 Å². The van der Waals surface area contributed by atoms with E-state index in [1.165, 1.54) is 0 Å². The van der Waals surface area contributed by atoms with Crippen LogP contribution in [0.15, 0.2) is 0 Å². The molecule has 0 fully saturated rings. The minimum atomic E-state index is 0.502. The van der Waals surface area contributed by atoms with E-state index in [2.05, 4.69) is 0 Å². The fourth-order valence-corrected chi connectivity index (χ4v) is 3.22. The minimum absolute atomic E-state index is 0.502. The maximum absolute atomic E-state index is 10.3. The first-order valence-electron chi connectivity index (χ1n) is 6.36. The van der Waals surface area contributed by atoms with Crippen LogP contribution in [0.1, 0.15) is 47.9 Å². The first-order valence-corrected chi connectivity index (χ1v) is 6.36. The van der Waals surface area contributed by atoms with Gasteiger partial charge in [-0.1, -0.05) is 0 Å². The zero-order valence-corrected chi connectivity index (χ0v) is 9.55. The SMILES string of the molecule is Oc1c2c(c(O)c3c1CCCC3)CCCC2. The van der Waals surface area contributed by atoms with Crippen molar-refractivity contribution in [1.29, 1.82) is 0 Å². The van der Waals surface area contributed by atoms with Gasteiger partial charge in [0, 0.05) is 22.3 Å². The first kappa shape index (κ1) is 10.0. The molecule has 86 valence electrons. The number of fused-ring (bicyclic) bond motifs is 2. The smallest absolute Gasteiger partial charge is 0.122 e. The first-order chi connectivity index (χ1) is 7.79. The van der Waals surface area contributed by atoms with Crippen LogP contribution in [0.2, 0.25) is 0 Å². The third-order valence-electron chi connectivity index (χ3n) is 4.08. The molecule has 0 aromatic heterocycles. The summed E-state index contributed by atoms with van der Waals surface area (Å²) in [6, 6.07) is 0. The Kier molecular flexibility index (Phi) is 2.31. The van der Waals surface area contributed by atoms with E-state index in [0.29, 0.717) is 11.5 Å². The van der Waals surface area contributed by atoms with E-state index >= 15 is 0 Å². The molecule has 16 heavy (non-hydrogen) atoms. The van der Waals surface area contributed by atoms with Gasteiger partial charge in [-0.25, -0.2) is 0 Å². The lowest BCUT2D eigenvalue weighted by Gasteiger charge is -2.26. The van der Waals surface area contributed by atoms with Crippen molar-refractivity contribution in [3.63, 3.8) is 0 Å². The summed E-state index contributed by atoms with van der Waals surface area (Å²) in [5.74, 6) is 1.00. The summed E-state index contributed by atoms with van der Waals surface area (Å²) in [6.07, 6.45) is 8.28. The molecule has 0 amide bonds. The van der Waals surface area contributed by atoms with Gasteiger partial charge in [-0.05, 0) is 51.4 Å². The highest BCUT2D eigenvalue weighted by atomic mass is 16.3. The molecule has 2 N–H and O–H groups in total. The van der Waals surface area contributed by atoms with E-state index in [1.807, 2.05) is 0 Å². The van der Waals surface area contributed by atoms with Crippen LogP contribution in [0.3, 0.4) is 0 Å². The molecule has 0 saturated heterocycles. The van der Waals surface area contributed by atoms with Gasteiger partial charge in [0.15, 0.2) is 0 Å². The van der Waals surface area contributed by atoms with Crippen molar-refractivity contribution >= 4 is 0 Å². The van der Waals surface area contributed by atoms with Crippen molar-refractivity contribution in [2.24, 2.45) is 0 Å². The van der Waals surface area contributed by atoms with Gasteiger partial charge < -0.3 is 10.2 Å². The lowest BCUT2D eigenvalue weighted by Crippen LogP contribution is -2.11. The maximum atomic E-state index is 10.3. The van der Waals surface area contributed by atoms with E-state index < -0.39 is 0 Å². The van der Waals surface area contributed by atoms with Crippen LogP contribution in [0.4, 0.5) is 0 Å². The van der Waals surface area contributed by atoms with E-state index in [0.717, 1.165) is 73.6 Å². The summed E-state index contributed by atoms with van der Waals surface area (Å²) in [4.78, 5) is 0. The van der Waals surface area contributed by atoms with Crippen LogP contribution >= 0.6 is 0 Å². The molecule has 2 aliphatic rings. The largest absolute Gasteiger partial charge is 0.507 e. The van der Waals surface area contributed by atoms with Crippen LogP contribution in [0.25, 0.3) is 0 Å². The van der Waals surface area contributed by atoms with Gasteiger partial charge >= 0.3 is 0 Å². The van der Waals surface area contributed by atoms with Gasteiger partial charge in [0.05, 0.1) is 0 Å². The van der Waals surface area contributed by atoms with Gasteiger partial charge in [0.1, 0.15) is 11.5 Å². The average molecular weight is 218 g/mol. The highest BCUT2D eigenvalue weighted by Crippen LogP contribution is 2.43. The number of hydrogen-bond donors (Lipinski definition) is 2. The molecule has 2 heteroatoms. The van der Waals surface area contributed by atoms with E-state index in [4.69, 9.17) is 0 Å². The van der Waals surface area contributed by atoms with E-state index in [-0.39, 0.29) is 0 Å². The number of phenols is 2. The minimum Gasteiger partial charge on any atom is -0.507 e. The Morgan fingerprint density at radius 2 is 0.750 bits per heavy atom. The Bertz CT molecular complexity index is 357. The van der Waals surface area contributed by atoms with Gasteiger partial charge in [0.2, 0.25) is 0 Å². The average Bonchev–Trinajstić information content (AvgIpc) is 2.36. The molecule has 1 aromatic rings. The molecular weight excluding hydrogens is 200 g/mol. The summed E-state index contributed by atoms with van der Waals surface area (Å²) < 4.78 is 0. The summed E-state index contributed by atoms with van der Waals surface area (Å²) >= 11 is 0. The third-order valence-corrected chi connectivity index (χ3v) is 4.08. The molecule has 0 heterocycles. The number of aromatic hydroxyl groups is 2. The van der Waals surface area contributed by atoms with Crippen LogP contribution in [-0.2, 0) is 25.7 Å². The summed E-state index contributed by atoms with van der Waals surface area (Å²) in [6.45, 7) is 0. The van der Waals surface area contributed by atoms with Gasteiger partial charge in [-0.15, -0.1) is 0 Å². The molecule has 0 spiro atoms. The zero-order valence-electron chi connectivity index (χ0n) is 9.55. The van der Waals surface area contributed by atoms with Crippen LogP contribution in [0.5, 0.6) is 11.5 Å². The summed E-state index contributed by atoms with van der Waals surface area (Å²) in [5, 5.41) is 20.6. The Balaban J connectivity index is 2.24. The molecule has 2 nitrogen and oxygen atoms in total. The molecule has 1 aromatic carbocycles. The van der Waals surface area contributed by atoms with Gasteiger partial charge in [-0.2, -0.15) is 0 Å². The second-order valence-corrected chi connectivity index (χ2v) is 5.03. The molecule has 0 aliphatic heterocycles. The Hall–Kier alpha value is -1.18. The second-order valence-electron chi connectivity index (χ2n) is 5.03. The molecule has 0 bridgehead atoms. The predicted octanol–water partition coefficient (Wildman–Crippen LogP) is 2.86. The standard InChI is InChI=1S/C14H18O2/c15-13-9-5-1-2-6-10(9)14(16)12-8-4-3-7-11(12)13/h15-16H,1-8H2. The highest BCUT2D eigenvalue weighted by molar-refractivity contribution is 5.59. The summed E-state index contributed by atoms with van der Waals surface area (Å²) in [5.41, 5.74) is 4.13. The van der Waals surface area contributed by atoms with Crippen molar-refractivity contribution in [2.45, 2.75) is 51.4 Å². The second kappa shape index (κ2) is 3.69. The van der Waals surface area contributed by atoms with Crippen molar-refractivity contribution in [3.8, 4) is 11.5 Å². The summed E-state index contributed by atoms with van der Waals surface area (Å²) in [7, 11) is 0. The zero-order chi connectivity index (χ0) is 11.1. The monoisotopic (exact) mass is 218 g/mol. The topological polar surface area (TPSA) is 40.5 Å². The van der Waals surface area contributed by atoms with Gasteiger partial charge in [0.25, 0.3) is 0 Å². The van der Waals surface area contributed by atoms with E-state index in [1.54, 1.807) is 0 Å². The number of phenolic OH excluding ortho intramolecular Hbond substituents is 2. The lowest BCUT2D eigenvalue weighted by atomic mass is 9.81. The van der Waals surface area contributed by atoms with Crippen molar-refractivity contribution in [2.75, 3.05) is 0 Å². The predicted molar refractivity (Wildman–Crippen MR) is 63.1 cm³/mol. The Morgan fingerprint density at radius 1 is 0.500 bits per heavy atom. The maximum Gasteiger partial charge on any atom is 0.122 e. The van der Waals surface area contributed by atoms with Crippen LogP contribution in [-0.4, -0.2) is 10.2 Å². The van der Waals surface area contributed by atoms with Crippen LogP contribution in [0, 0.1) is 0 Å². The highest BCUT2D eigenvalue weighted by Gasteiger charge is 2.26. The molecule has 0 unspecified atom stereocenters. The molecule has 0 atom stereocenters. The fourth-order valence-electron chi connectivity index (χ4n) is 3.22. The number of benzene rings is 1. The number of hydrogen-bond acceptors (Lipinski definition) is 2. The third kappa shape index (κ3) is 1.32. The van der Waals surface area contributed by atoms with Crippen molar-refractivity contribution < 1.29 is 10.2 Å². The lowest BCUT2D eigenvalue weighted by molar-refractivity contribution is 0.421. The molecule has 0 radical (unpaired) electrons. The van der Waals surface area contributed by atoms with E-state index in [9.17, 15) is 10.2 Å². The number of rotatable bonds is 0. The molecular formula is C14H18O2.